The zero-order valence-corrected chi connectivity index (χ0v) is 19.3. The van der Waals surface area contributed by atoms with Gasteiger partial charge in [-0.3, -0.25) is 4.18 Å². The third-order valence-corrected chi connectivity index (χ3v) is 5.35. The van der Waals surface area contributed by atoms with E-state index in [1.807, 2.05) is 25.3 Å². The van der Waals surface area contributed by atoms with Crippen molar-refractivity contribution in [2.45, 2.75) is 32.7 Å². The number of para-hydroxylation sites is 1. The Hall–Kier alpha value is -2.75. The molecule has 1 heterocycles. The van der Waals surface area contributed by atoms with Crippen molar-refractivity contribution in [1.29, 1.82) is 0 Å². The van der Waals surface area contributed by atoms with Crippen LogP contribution in [0.25, 0.3) is 0 Å². The largest absolute Gasteiger partial charge is 0.726 e. The second-order valence-electron chi connectivity index (χ2n) is 7.33. The Morgan fingerprint density at radius 2 is 1.77 bits per heavy atom. The average molecular weight is 448 g/mol. The summed E-state index contributed by atoms with van der Waals surface area (Å²) in [6.07, 6.45) is 1.94. The molecule has 0 aliphatic carbocycles. The molecule has 8 nitrogen and oxygen atoms in total. The first-order chi connectivity index (χ1) is 14.6. The van der Waals surface area contributed by atoms with E-state index >= 15 is 0 Å². The molecule has 9 heteroatoms. The van der Waals surface area contributed by atoms with Gasteiger partial charge < -0.3 is 14.7 Å². The molecule has 0 atom stereocenters. The Balaban J connectivity index is 0.000000501. The second-order valence-corrected chi connectivity index (χ2v) is 8.48. The van der Waals surface area contributed by atoms with Crippen molar-refractivity contribution in [3.63, 3.8) is 0 Å². The molecule has 0 amide bonds. The normalized spacial score (nSPS) is 14.8. The summed E-state index contributed by atoms with van der Waals surface area (Å²) in [5, 5.41) is 4.45. The van der Waals surface area contributed by atoms with Crippen LogP contribution in [0, 0.1) is 0 Å². The lowest BCUT2D eigenvalue weighted by Gasteiger charge is -2.14. The molecule has 3 rings (SSSR count). The summed E-state index contributed by atoms with van der Waals surface area (Å²) in [5.41, 5.74) is 8.05. The summed E-state index contributed by atoms with van der Waals surface area (Å²) in [4.78, 5) is 0. The van der Waals surface area contributed by atoms with Gasteiger partial charge in [0.05, 0.1) is 25.7 Å². The van der Waals surface area contributed by atoms with Gasteiger partial charge in [-0.1, -0.05) is 30.3 Å². The standard InChI is InChI=1S/C21H25N3O.CH4O4S/c1-5-25-17-12-10-16(11-13-17)14-22-23-15-20-21(2,3)18-8-6-7-9-19(18)24(20)4;1-5-6(2,3)4/h6-13,15H,5,14H2,1-4H3;1H3,(H,2,3,4). The van der Waals surface area contributed by atoms with E-state index in [2.05, 4.69) is 76.6 Å². The molecule has 1 N–H and O–H groups in total. The number of hydrogen-bond donors (Lipinski definition) is 1. The van der Waals surface area contributed by atoms with Crippen molar-refractivity contribution in [1.82, 2.24) is 5.43 Å². The maximum absolute atomic E-state index is 9.22. The lowest BCUT2D eigenvalue weighted by Crippen LogP contribution is -2.30. The highest BCUT2D eigenvalue weighted by molar-refractivity contribution is 7.80. The molecule has 0 bridgehead atoms. The number of ether oxygens (including phenoxy) is 1. The van der Waals surface area contributed by atoms with E-state index in [0.717, 1.165) is 12.9 Å². The van der Waals surface area contributed by atoms with Gasteiger partial charge in [0, 0.05) is 11.6 Å². The smallest absolute Gasteiger partial charge is 0.217 e. The van der Waals surface area contributed by atoms with Gasteiger partial charge in [0.1, 0.15) is 19.0 Å². The predicted octanol–water partition coefficient (Wildman–Crippen LogP) is 2.96. The maximum Gasteiger partial charge on any atom is 0.217 e. The number of fused-ring (bicyclic) bond motifs is 1. The highest BCUT2D eigenvalue weighted by Crippen LogP contribution is 2.37. The van der Waals surface area contributed by atoms with Crippen LogP contribution < -0.4 is 10.2 Å². The Bertz CT molecular complexity index is 1050. The summed E-state index contributed by atoms with van der Waals surface area (Å²) in [7, 11) is -1.51. The third-order valence-electron chi connectivity index (χ3n) is 4.94. The van der Waals surface area contributed by atoms with Crippen LogP contribution >= 0.6 is 0 Å². The van der Waals surface area contributed by atoms with Crippen LogP contribution in [0.2, 0.25) is 0 Å². The number of hydrogen-bond acceptors (Lipinski definition) is 7. The van der Waals surface area contributed by atoms with Gasteiger partial charge in [-0.2, -0.15) is 9.68 Å². The highest BCUT2D eigenvalue weighted by Gasteiger charge is 2.43. The van der Waals surface area contributed by atoms with Crippen LogP contribution in [0.15, 0.2) is 53.6 Å². The Kier molecular flexibility index (Phi) is 8.32. The molecule has 0 radical (unpaired) electrons. The molecule has 2 aromatic carbocycles. The second kappa shape index (κ2) is 10.5. The summed E-state index contributed by atoms with van der Waals surface area (Å²) in [5.74, 6) is 0.900. The molecule has 0 saturated heterocycles. The zero-order chi connectivity index (χ0) is 23.1. The first-order valence-electron chi connectivity index (χ1n) is 9.80. The molecular weight excluding hydrogens is 418 g/mol. The number of rotatable bonds is 7. The van der Waals surface area contributed by atoms with E-state index in [-0.39, 0.29) is 5.41 Å². The SMILES string of the molecule is CCOc1ccc(CNN=CC2=[N+](C)c3ccccc3C2(C)C)cc1.COS(=O)(=O)[O-]. The zero-order valence-electron chi connectivity index (χ0n) is 18.5. The number of nitrogens with one attached hydrogen (secondary N) is 1. The lowest BCUT2D eigenvalue weighted by atomic mass is 9.82. The van der Waals surface area contributed by atoms with E-state index in [1.54, 1.807) is 0 Å². The third kappa shape index (κ3) is 6.61. The van der Waals surface area contributed by atoms with Gasteiger partial charge in [0.25, 0.3) is 0 Å². The maximum atomic E-state index is 9.22. The van der Waals surface area contributed by atoms with Crippen LogP contribution in [-0.4, -0.2) is 50.2 Å². The van der Waals surface area contributed by atoms with Crippen LogP contribution in [0.5, 0.6) is 5.75 Å². The molecule has 0 spiro atoms. The van der Waals surface area contributed by atoms with Gasteiger partial charge in [-0.05, 0) is 38.5 Å². The average Bonchev–Trinajstić information content (AvgIpc) is 2.93. The van der Waals surface area contributed by atoms with Crippen molar-refractivity contribution in [3.8, 4) is 5.75 Å². The lowest BCUT2D eigenvalue weighted by molar-refractivity contribution is -0.400. The molecule has 1 aliphatic rings. The summed E-state index contributed by atoms with van der Waals surface area (Å²) in [6.45, 7) is 7.84. The fourth-order valence-corrected chi connectivity index (χ4v) is 3.34. The van der Waals surface area contributed by atoms with Gasteiger partial charge in [0.15, 0.2) is 0 Å². The van der Waals surface area contributed by atoms with E-state index in [9.17, 15) is 13.0 Å². The molecule has 0 fully saturated rings. The van der Waals surface area contributed by atoms with Crippen molar-refractivity contribution in [2.24, 2.45) is 5.10 Å². The first-order valence-corrected chi connectivity index (χ1v) is 11.1. The molecule has 1 aliphatic heterocycles. The fourth-order valence-electron chi connectivity index (χ4n) is 3.34. The minimum atomic E-state index is -4.41. The molecule has 0 aromatic heterocycles. The van der Waals surface area contributed by atoms with Gasteiger partial charge >= 0.3 is 0 Å². The minimum absolute atomic E-state index is 0.0460. The van der Waals surface area contributed by atoms with E-state index in [1.165, 1.54) is 22.5 Å². The Labute approximate surface area is 184 Å². The minimum Gasteiger partial charge on any atom is -0.726 e. The molecular formula is C22H29N3O5S. The van der Waals surface area contributed by atoms with E-state index in [0.29, 0.717) is 13.2 Å². The van der Waals surface area contributed by atoms with Crippen LogP contribution in [-0.2, 0) is 26.5 Å². The summed E-state index contributed by atoms with van der Waals surface area (Å²) in [6, 6.07) is 16.6. The van der Waals surface area contributed by atoms with Gasteiger partial charge in [-0.15, -0.1) is 0 Å². The molecule has 0 saturated carbocycles. The molecule has 2 aromatic rings. The molecule has 31 heavy (non-hydrogen) atoms. The van der Waals surface area contributed by atoms with Crippen molar-refractivity contribution < 1.29 is 26.5 Å². The van der Waals surface area contributed by atoms with Crippen molar-refractivity contribution in [2.75, 3.05) is 20.8 Å². The van der Waals surface area contributed by atoms with E-state index in [4.69, 9.17) is 4.74 Å². The molecule has 0 unspecified atom stereocenters. The Morgan fingerprint density at radius 3 is 2.32 bits per heavy atom. The van der Waals surface area contributed by atoms with Crippen LogP contribution in [0.1, 0.15) is 31.9 Å². The predicted molar refractivity (Wildman–Crippen MR) is 120 cm³/mol. The Morgan fingerprint density at radius 1 is 1.16 bits per heavy atom. The monoisotopic (exact) mass is 447 g/mol. The first kappa shape index (κ1) is 24.5. The van der Waals surface area contributed by atoms with Crippen LogP contribution in [0.3, 0.4) is 0 Å². The molecule has 168 valence electrons. The van der Waals surface area contributed by atoms with Crippen LogP contribution in [0.4, 0.5) is 5.69 Å². The topological polar surface area (TPSA) is 103 Å². The fraction of sp³-hybridized carbons (Fsp3) is 0.364. The van der Waals surface area contributed by atoms with Gasteiger partial charge in [-0.25, -0.2) is 8.42 Å². The van der Waals surface area contributed by atoms with Gasteiger partial charge in [0.2, 0.25) is 21.8 Å². The van der Waals surface area contributed by atoms with Crippen molar-refractivity contribution >= 4 is 28.0 Å². The highest BCUT2D eigenvalue weighted by atomic mass is 32.3. The van der Waals surface area contributed by atoms with Crippen molar-refractivity contribution in [3.05, 3.63) is 59.7 Å². The summed E-state index contributed by atoms with van der Waals surface area (Å²) >= 11 is 0. The quantitative estimate of drug-likeness (QED) is 0.230. The number of benzene rings is 2. The van der Waals surface area contributed by atoms with E-state index < -0.39 is 10.4 Å². The number of hydrazone groups is 1. The summed E-state index contributed by atoms with van der Waals surface area (Å²) < 4.78 is 38.7. The number of nitrogens with zero attached hydrogens (tertiary/aromatic N) is 2.